The summed E-state index contributed by atoms with van der Waals surface area (Å²) in [6, 6.07) is 13.2. The van der Waals surface area contributed by atoms with Crippen molar-refractivity contribution in [2.45, 2.75) is 12.8 Å². The first-order chi connectivity index (χ1) is 15.5. The monoisotopic (exact) mass is 433 g/mol. The molecule has 2 aliphatic heterocycles. The predicted octanol–water partition coefficient (Wildman–Crippen LogP) is 3.10. The van der Waals surface area contributed by atoms with Crippen LogP contribution in [0.3, 0.4) is 0 Å². The first-order valence-electron chi connectivity index (χ1n) is 10.9. The van der Waals surface area contributed by atoms with Crippen molar-refractivity contribution in [1.82, 2.24) is 14.9 Å². The predicted molar refractivity (Wildman–Crippen MR) is 120 cm³/mol. The number of fused-ring (bicyclic) bond motifs is 2. The molecule has 2 aliphatic rings. The first-order valence-corrected chi connectivity index (χ1v) is 10.9. The number of benzene rings is 2. The molecule has 7 nitrogen and oxygen atoms in total. The normalized spacial score (nSPS) is 18.6. The van der Waals surface area contributed by atoms with Crippen molar-refractivity contribution in [2.24, 2.45) is 5.92 Å². The van der Waals surface area contributed by atoms with Gasteiger partial charge in [0.15, 0.2) is 11.6 Å². The molecule has 32 heavy (non-hydrogen) atoms. The molecule has 2 aromatic carbocycles. The largest absolute Gasteiger partial charge is 0.355 e. The molecule has 0 saturated carbocycles. The maximum Gasteiger partial charge on any atom is 0.253 e. The van der Waals surface area contributed by atoms with E-state index in [2.05, 4.69) is 0 Å². The fourth-order valence-electron chi connectivity index (χ4n) is 4.45. The summed E-state index contributed by atoms with van der Waals surface area (Å²) in [6.45, 7) is 2.12. The standard InChI is InChI=1S/C24H24FN5O2/c1-28-13-14-30(22-21(28)26-19-6-2-3-7-20(19)27-22)24(32)17-5-4-12-29(15-17)23(31)16-8-10-18(25)11-9-16/h2-3,6-11,17H,4-5,12-15H2,1H3/t17-/m1/s1. The lowest BCUT2D eigenvalue weighted by molar-refractivity contribution is -0.123. The highest BCUT2D eigenvalue weighted by Gasteiger charge is 2.36. The van der Waals surface area contributed by atoms with E-state index in [1.807, 2.05) is 36.2 Å². The second kappa shape index (κ2) is 8.18. The van der Waals surface area contributed by atoms with Gasteiger partial charge in [0, 0.05) is 38.8 Å². The molecule has 3 heterocycles. The Hall–Kier alpha value is -3.55. The van der Waals surface area contributed by atoms with Crippen LogP contribution >= 0.6 is 0 Å². The molecule has 0 aliphatic carbocycles. The summed E-state index contributed by atoms with van der Waals surface area (Å²) in [5.41, 5.74) is 1.97. The number of aromatic nitrogens is 2. The smallest absolute Gasteiger partial charge is 0.253 e. The third-order valence-corrected chi connectivity index (χ3v) is 6.23. The maximum atomic E-state index is 13.6. The number of para-hydroxylation sites is 2. The molecule has 1 atom stereocenters. The lowest BCUT2D eigenvalue weighted by Crippen LogP contribution is -2.50. The number of anilines is 2. The fraction of sp³-hybridized carbons (Fsp3) is 0.333. The van der Waals surface area contributed by atoms with Gasteiger partial charge in [-0.25, -0.2) is 14.4 Å². The number of likely N-dealkylation sites (N-methyl/N-ethyl adjacent to an activating group) is 1. The molecular weight excluding hydrogens is 409 g/mol. The summed E-state index contributed by atoms with van der Waals surface area (Å²) in [5.74, 6) is 0.378. The first kappa shape index (κ1) is 20.4. The number of rotatable bonds is 2. The molecule has 1 saturated heterocycles. The molecule has 2 amide bonds. The van der Waals surface area contributed by atoms with Crippen molar-refractivity contribution in [2.75, 3.05) is 43.0 Å². The maximum absolute atomic E-state index is 13.6. The number of hydrogen-bond donors (Lipinski definition) is 0. The Morgan fingerprint density at radius 1 is 0.938 bits per heavy atom. The molecule has 0 N–H and O–H groups in total. The fourth-order valence-corrected chi connectivity index (χ4v) is 4.45. The van der Waals surface area contributed by atoms with E-state index in [9.17, 15) is 14.0 Å². The van der Waals surface area contributed by atoms with Crippen LogP contribution in [0.15, 0.2) is 48.5 Å². The van der Waals surface area contributed by atoms with E-state index in [1.54, 1.807) is 9.80 Å². The van der Waals surface area contributed by atoms with E-state index in [0.29, 0.717) is 49.8 Å². The minimum atomic E-state index is -0.379. The SMILES string of the molecule is CN1CCN(C(=O)[C@@H]2CCCN(C(=O)c3ccc(F)cc3)C2)c2nc3ccccc3nc21. The summed E-state index contributed by atoms with van der Waals surface area (Å²) in [5, 5.41) is 0. The Kier molecular flexibility index (Phi) is 5.20. The van der Waals surface area contributed by atoms with Gasteiger partial charge in [-0.3, -0.25) is 14.5 Å². The van der Waals surface area contributed by atoms with Crippen LogP contribution in [0.4, 0.5) is 16.0 Å². The minimum absolute atomic E-state index is 0.0273. The number of piperidine rings is 1. The molecule has 164 valence electrons. The highest BCUT2D eigenvalue weighted by atomic mass is 19.1. The number of likely N-dealkylation sites (tertiary alicyclic amines) is 1. The van der Waals surface area contributed by atoms with Crippen molar-refractivity contribution in [3.05, 3.63) is 59.9 Å². The number of nitrogens with zero attached hydrogens (tertiary/aromatic N) is 5. The third-order valence-electron chi connectivity index (χ3n) is 6.23. The van der Waals surface area contributed by atoms with Crippen LogP contribution in [0.5, 0.6) is 0 Å². The zero-order chi connectivity index (χ0) is 22.2. The number of hydrogen-bond acceptors (Lipinski definition) is 5. The lowest BCUT2D eigenvalue weighted by atomic mass is 9.95. The molecule has 0 radical (unpaired) electrons. The van der Waals surface area contributed by atoms with Crippen molar-refractivity contribution >= 4 is 34.5 Å². The summed E-state index contributed by atoms with van der Waals surface area (Å²) in [7, 11) is 1.95. The summed E-state index contributed by atoms with van der Waals surface area (Å²) in [4.78, 5) is 41.4. The zero-order valence-corrected chi connectivity index (χ0v) is 17.9. The Morgan fingerprint density at radius 2 is 1.62 bits per heavy atom. The zero-order valence-electron chi connectivity index (χ0n) is 17.9. The van der Waals surface area contributed by atoms with Crippen LogP contribution in [0.25, 0.3) is 11.0 Å². The topological polar surface area (TPSA) is 69.6 Å². The average Bonchev–Trinajstić information content (AvgIpc) is 2.83. The highest BCUT2D eigenvalue weighted by molar-refractivity contribution is 6.00. The summed E-state index contributed by atoms with van der Waals surface area (Å²) >= 11 is 0. The van der Waals surface area contributed by atoms with Gasteiger partial charge in [0.1, 0.15) is 5.82 Å². The van der Waals surface area contributed by atoms with Gasteiger partial charge in [-0.2, -0.15) is 0 Å². The van der Waals surface area contributed by atoms with E-state index in [-0.39, 0.29) is 23.5 Å². The van der Waals surface area contributed by atoms with Crippen molar-refractivity contribution < 1.29 is 14.0 Å². The Bertz CT molecular complexity index is 1180. The van der Waals surface area contributed by atoms with Gasteiger partial charge in [0.25, 0.3) is 5.91 Å². The molecule has 0 unspecified atom stereocenters. The van der Waals surface area contributed by atoms with Gasteiger partial charge in [-0.1, -0.05) is 12.1 Å². The van der Waals surface area contributed by atoms with E-state index >= 15 is 0 Å². The average molecular weight is 433 g/mol. The van der Waals surface area contributed by atoms with Crippen molar-refractivity contribution in [3.8, 4) is 0 Å². The second-order valence-electron chi connectivity index (χ2n) is 8.37. The van der Waals surface area contributed by atoms with Gasteiger partial charge < -0.3 is 9.80 Å². The van der Waals surface area contributed by atoms with Gasteiger partial charge in [-0.15, -0.1) is 0 Å². The third kappa shape index (κ3) is 3.66. The molecule has 8 heteroatoms. The van der Waals surface area contributed by atoms with Gasteiger partial charge >= 0.3 is 0 Å². The van der Waals surface area contributed by atoms with Gasteiger partial charge in [0.2, 0.25) is 5.91 Å². The molecule has 1 aromatic heterocycles. The molecular formula is C24H24FN5O2. The van der Waals surface area contributed by atoms with E-state index in [1.165, 1.54) is 24.3 Å². The minimum Gasteiger partial charge on any atom is -0.355 e. The lowest BCUT2D eigenvalue weighted by Gasteiger charge is -2.38. The molecule has 3 aromatic rings. The van der Waals surface area contributed by atoms with Gasteiger partial charge in [-0.05, 0) is 49.2 Å². The summed E-state index contributed by atoms with van der Waals surface area (Å²) < 4.78 is 13.2. The Balaban J connectivity index is 1.39. The quantitative estimate of drug-likeness (QED) is 0.621. The van der Waals surface area contributed by atoms with Crippen LogP contribution in [-0.2, 0) is 4.79 Å². The number of amides is 2. The van der Waals surface area contributed by atoms with Crippen LogP contribution < -0.4 is 9.80 Å². The van der Waals surface area contributed by atoms with Gasteiger partial charge in [0.05, 0.1) is 17.0 Å². The molecule has 1 fully saturated rings. The van der Waals surface area contributed by atoms with E-state index in [4.69, 9.17) is 9.97 Å². The van der Waals surface area contributed by atoms with Crippen molar-refractivity contribution in [3.63, 3.8) is 0 Å². The molecule has 0 spiro atoms. The number of halogens is 1. The number of carbonyl (C=O) groups is 2. The Morgan fingerprint density at radius 3 is 2.34 bits per heavy atom. The van der Waals surface area contributed by atoms with Crippen molar-refractivity contribution in [1.29, 1.82) is 0 Å². The van der Waals surface area contributed by atoms with Crippen LogP contribution in [0, 0.1) is 11.7 Å². The molecule has 0 bridgehead atoms. The van der Waals surface area contributed by atoms with E-state index < -0.39 is 0 Å². The second-order valence-corrected chi connectivity index (χ2v) is 8.37. The van der Waals surface area contributed by atoms with Crippen LogP contribution in [0.2, 0.25) is 0 Å². The highest BCUT2D eigenvalue weighted by Crippen LogP contribution is 2.32. The number of carbonyl (C=O) groups excluding carboxylic acids is 2. The Labute approximate surface area is 185 Å². The van der Waals surface area contributed by atoms with Crippen LogP contribution in [0.1, 0.15) is 23.2 Å². The van der Waals surface area contributed by atoms with Crippen LogP contribution in [-0.4, -0.2) is 59.9 Å². The summed E-state index contributed by atoms with van der Waals surface area (Å²) in [6.07, 6.45) is 1.46. The van der Waals surface area contributed by atoms with E-state index in [0.717, 1.165) is 17.5 Å². The molecule has 5 rings (SSSR count).